The normalized spacial score (nSPS) is 12.8. The maximum atomic E-state index is 12.0. The second kappa shape index (κ2) is 5.17. The lowest BCUT2D eigenvalue weighted by molar-refractivity contribution is 0.0546. The summed E-state index contributed by atoms with van der Waals surface area (Å²) in [6.45, 7) is -0.244. The van der Waals surface area contributed by atoms with Crippen LogP contribution in [0.2, 0.25) is 0 Å². The van der Waals surface area contributed by atoms with E-state index in [1.54, 1.807) is 6.07 Å². The smallest absolute Gasteiger partial charge is 0.360 e. The fraction of sp³-hybridized carbons (Fsp3) is 0.267. The fourth-order valence-electron chi connectivity index (χ4n) is 2.55. The van der Waals surface area contributed by atoms with E-state index in [9.17, 15) is 4.79 Å². The number of nitrogens with zero attached hydrogens (tertiary/aromatic N) is 3. The van der Waals surface area contributed by atoms with Crippen molar-refractivity contribution in [3.63, 3.8) is 0 Å². The van der Waals surface area contributed by atoms with Gasteiger partial charge in [-0.15, -0.1) is 0 Å². The Bertz CT molecular complexity index is 683. The third kappa shape index (κ3) is 2.05. The molecule has 20 heavy (non-hydrogen) atoms. The van der Waals surface area contributed by atoms with Crippen molar-refractivity contribution in [2.24, 2.45) is 0 Å². The van der Waals surface area contributed by atoms with E-state index in [-0.39, 0.29) is 6.61 Å². The van der Waals surface area contributed by atoms with Gasteiger partial charge in [-0.1, -0.05) is 18.2 Å². The summed E-state index contributed by atoms with van der Waals surface area (Å²) >= 11 is 0. The molecule has 0 atom stereocenters. The molecular formula is C15H13N3O2. The molecule has 3 rings (SSSR count). The molecule has 1 heterocycles. The summed E-state index contributed by atoms with van der Waals surface area (Å²) < 4.78 is 6.69. The van der Waals surface area contributed by atoms with Gasteiger partial charge in [0.1, 0.15) is 6.07 Å². The standard InChI is InChI=1S/C15H13N3O2/c16-9-10-20-15(19)14-12-7-4-8-13(12)18(17-14)11-5-2-1-3-6-11/h1-3,5-6H,4,7-8,10H2. The van der Waals surface area contributed by atoms with E-state index in [0.717, 1.165) is 36.2 Å². The van der Waals surface area contributed by atoms with E-state index in [2.05, 4.69) is 5.10 Å². The number of hydrogen-bond acceptors (Lipinski definition) is 4. The van der Waals surface area contributed by atoms with Gasteiger partial charge in [-0.2, -0.15) is 10.4 Å². The van der Waals surface area contributed by atoms with Crippen molar-refractivity contribution in [2.45, 2.75) is 19.3 Å². The highest BCUT2D eigenvalue weighted by Crippen LogP contribution is 2.28. The van der Waals surface area contributed by atoms with Gasteiger partial charge in [-0.25, -0.2) is 9.48 Å². The van der Waals surface area contributed by atoms with Crippen LogP contribution in [0.1, 0.15) is 28.2 Å². The predicted octanol–water partition coefficient (Wildman–Crippen LogP) is 2.04. The van der Waals surface area contributed by atoms with Crippen LogP contribution in [0.5, 0.6) is 0 Å². The Labute approximate surface area is 116 Å². The maximum Gasteiger partial charge on any atom is 0.360 e. The lowest BCUT2D eigenvalue weighted by atomic mass is 10.2. The first-order valence-electron chi connectivity index (χ1n) is 6.51. The number of para-hydroxylation sites is 1. The molecule has 0 fully saturated rings. The molecule has 2 aromatic rings. The Morgan fingerprint density at radius 2 is 2.15 bits per heavy atom. The van der Waals surface area contributed by atoms with Crippen molar-refractivity contribution in [3.05, 3.63) is 47.3 Å². The summed E-state index contributed by atoms with van der Waals surface area (Å²) in [4.78, 5) is 12.0. The highest BCUT2D eigenvalue weighted by molar-refractivity contribution is 5.89. The van der Waals surface area contributed by atoms with Gasteiger partial charge >= 0.3 is 5.97 Å². The molecule has 0 saturated carbocycles. The third-order valence-electron chi connectivity index (χ3n) is 3.39. The summed E-state index contributed by atoms with van der Waals surface area (Å²) in [5.41, 5.74) is 3.30. The Balaban J connectivity index is 2.02. The van der Waals surface area contributed by atoms with Crippen molar-refractivity contribution in [1.82, 2.24) is 9.78 Å². The SMILES string of the molecule is N#CCOC(=O)c1nn(-c2ccccc2)c2c1CCC2. The minimum atomic E-state index is -0.514. The van der Waals surface area contributed by atoms with Crippen molar-refractivity contribution in [2.75, 3.05) is 6.61 Å². The zero-order valence-electron chi connectivity index (χ0n) is 10.9. The molecule has 1 aromatic carbocycles. The molecule has 0 amide bonds. The highest BCUT2D eigenvalue weighted by Gasteiger charge is 2.27. The molecule has 0 aliphatic heterocycles. The van der Waals surface area contributed by atoms with Gasteiger partial charge in [0.2, 0.25) is 0 Å². The van der Waals surface area contributed by atoms with Crippen LogP contribution < -0.4 is 0 Å². The molecule has 0 spiro atoms. The van der Waals surface area contributed by atoms with Crippen LogP contribution >= 0.6 is 0 Å². The molecular weight excluding hydrogens is 254 g/mol. The molecule has 5 heteroatoms. The van der Waals surface area contributed by atoms with Gasteiger partial charge in [0.25, 0.3) is 0 Å². The highest BCUT2D eigenvalue weighted by atomic mass is 16.5. The first-order chi connectivity index (χ1) is 9.81. The lowest BCUT2D eigenvalue weighted by Crippen LogP contribution is -2.09. The summed E-state index contributed by atoms with van der Waals surface area (Å²) in [6.07, 6.45) is 2.75. The molecule has 1 aliphatic rings. The quantitative estimate of drug-likeness (QED) is 0.798. The number of benzene rings is 1. The van der Waals surface area contributed by atoms with Gasteiger partial charge in [-0.05, 0) is 31.4 Å². The monoisotopic (exact) mass is 267 g/mol. The van der Waals surface area contributed by atoms with Gasteiger partial charge in [0.05, 0.1) is 5.69 Å². The minimum absolute atomic E-state index is 0.244. The minimum Gasteiger partial charge on any atom is -0.445 e. The zero-order chi connectivity index (χ0) is 13.9. The fourth-order valence-corrected chi connectivity index (χ4v) is 2.55. The largest absolute Gasteiger partial charge is 0.445 e. The van der Waals surface area contributed by atoms with Crippen LogP contribution in [0.15, 0.2) is 30.3 Å². The molecule has 100 valence electrons. The lowest BCUT2D eigenvalue weighted by Gasteiger charge is -2.04. The Hall–Kier alpha value is -2.61. The summed E-state index contributed by atoms with van der Waals surface area (Å²) in [6, 6.07) is 11.5. The number of hydrogen-bond donors (Lipinski definition) is 0. The number of carbonyl (C=O) groups excluding carboxylic acids is 1. The molecule has 5 nitrogen and oxygen atoms in total. The summed E-state index contributed by atoms with van der Waals surface area (Å²) in [7, 11) is 0. The van der Waals surface area contributed by atoms with Gasteiger partial charge in [0.15, 0.2) is 12.3 Å². The maximum absolute atomic E-state index is 12.0. The second-order valence-electron chi connectivity index (χ2n) is 4.61. The summed E-state index contributed by atoms with van der Waals surface area (Å²) in [5.74, 6) is -0.514. The third-order valence-corrected chi connectivity index (χ3v) is 3.39. The average Bonchev–Trinajstić information content (AvgIpc) is 3.07. The van der Waals surface area contributed by atoms with Gasteiger partial charge in [-0.3, -0.25) is 0 Å². The van der Waals surface area contributed by atoms with E-state index in [4.69, 9.17) is 10.00 Å². The van der Waals surface area contributed by atoms with Crippen LogP contribution in [0.4, 0.5) is 0 Å². The zero-order valence-corrected chi connectivity index (χ0v) is 10.9. The second-order valence-corrected chi connectivity index (χ2v) is 4.61. The topological polar surface area (TPSA) is 67.9 Å². The first-order valence-corrected chi connectivity index (χ1v) is 6.51. The van der Waals surface area contributed by atoms with Crippen molar-refractivity contribution < 1.29 is 9.53 Å². The first kappa shape index (κ1) is 12.4. The number of carbonyl (C=O) groups is 1. The van der Waals surface area contributed by atoms with Crippen LogP contribution in [0, 0.1) is 11.3 Å². The van der Waals surface area contributed by atoms with Crippen LogP contribution in [-0.4, -0.2) is 22.4 Å². The molecule has 0 bridgehead atoms. The molecule has 0 saturated heterocycles. The van der Waals surface area contributed by atoms with Crippen molar-refractivity contribution in [3.8, 4) is 11.8 Å². The van der Waals surface area contributed by atoms with Crippen LogP contribution in [-0.2, 0) is 17.6 Å². The molecule has 1 aromatic heterocycles. The van der Waals surface area contributed by atoms with E-state index < -0.39 is 5.97 Å². The van der Waals surface area contributed by atoms with Crippen LogP contribution in [0.25, 0.3) is 5.69 Å². The Morgan fingerprint density at radius 1 is 1.35 bits per heavy atom. The number of nitriles is 1. The average molecular weight is 267 g/mol. The van der Waals surface area contributed by atoms with E-state index in [1.165, 1.54) is 0 Å². The molecule has 0 unspecified atom stereocenters. The van der Waals surface area contributed by atoms with Crippen LogP contribution in [0.3, 0.4) is 0 Å². The number of rotatable bonds is 3. The van der Waals surface area contributed by atoms with Gasteiger partial charge < -0.3 is 4.74 Å². The number of aromatic nitrogens is 2. The molecule has 0 radical (unpaired) electrons. The van der Waals surface area contributed by atoms with Crippen molar-refractivity contribution in [1.29, 1.82) is 5.26 Å². The molecule has 0 N–H and O–H groups in total. The number of esters is 1. The summed E-state index contributed by atoms with van der Waals surface area (Å²) in [5, 5.41) is 12.9. The number of ether oxygens (including phenoxy) is 1. The number of fused-ring (bicyclic) bond motifs is 1. The Kier molecular flexibility index (Phi) is 3.21. The van der Waals surface area contributed by atoms with Crippen molar-refractivity contribution >= 4 is 5.97 Å². The van der Waals surface area contributed by atoms with E-state index >= 15 is 0 Å². The Morgan fingerprint density at radius 3 is 2.90 bits per heavy atom. The predicted molar refractivity (Wildman–Crippen MR) is 71.5 cm³/mol. The van der Waals surface area contributed by atoms with E-state index in [1.807, 2.05) is 35.0 Å². The van der Waals surface area contributed by atoms with Gasteiger partial charge in [0, 0.05) is 11.3 Å². The van der Waals surface area contributed by atoms with E-state index in [0.29, 0.717) is 5.69 Å². The molecule has 1 aliphatic carbocycles.